The van der Waals surface area contributed by atoms with E-state index in [1.54, 1.807) is 60.7 Å². The average molecular weight is 395 g/mol. The molecule has 0 saturated heterocycles. The summed E-state index contributed by atoms with van der Waals surface area (Å²) < 4.78 is 5.43. The summed E-state index contributed by atoms with van der Waals surface area (Å²) in [5.41, 5.74) is 2.65. The normalized spacial score (nSPS) is 10.2. The van der Waals surface area contributed by atoms with Crippen molar-refractivity contribution in [2.75, 3.05) is 17.2 Å². The van der Waals surface area contributed by atoms with Crippen molar-refractivity contribution in [3.63, 3.8) is 0 Å². The molecule has 2 amide bonds. The van der Waals surface area contributed by atoms with E-state index in [9.17, 15) is 9.59 Å². The lowest BCUT2D eigenvalue weighted by Gasteiger charge is -2.12. The predicted molar refractivity (Wildman–Crippen MR) is 111 cm³/mol. The largest absolute Gasteiger partial charge is 0.484 e. The highest BCUT2D eigenvalue weighted by atomic mass is 35.5. The van der Waals surface area contributed by atoms with Crippen LogP contribution < -0.4 is 15.4 Å². The summed E-state index contributed by atoms with van der Waals surface area (Å²) >= 11 is 5.82. The van der Waals surface area contributed by atoms with Gasteiger partial charge in [-0.25, -0.2) is 0 Å². The molecule has 0 aliphatic heterocycles. The minimum absolute atomic E-state index is 0.138. The molecule has 0 saturated carbocycles. The van der Waals surface area contributed by atoms with Crippen molar-refractivity contribution in [3.05, 3.63) is 88.9 Å². The summed E-state index contributed by atoms with van der Waals surface area (Å²) in [6.07, 6.45) is 0. The summed E-state index contributed by atoms with van der Waals surface area (Å²) in [5.74, 6) is 0.0386. The van der Waals surface area contributed by atoms with Crippen LogP contribution in [0.1, 0.15) is 15.9 Å². The lowest BCUT2D eigenvalue weighted by atomic mass is 10.1. The third-order valence-electron chi connectivity index (χ3n) is 3.99. The summed E-state index contributed by atoms with van der Waals surface area (Å²) in [4.78, 5) is 24.5. The third kappa shape index (κ3) is 5.34. The van der Waals surface area contributed by atoms with Crippen LogP contribution in [-0.2, 0) is 4.79 Å². The number of nitrogens with one attached hydrogen (secondary N) is 2. The van der Waals surface area contributed by atoms with Crippen LogP contribution in [0.15, 0.2) is 72.8 Å². The predicted octanol–water partition coefficient (Wildman–Crippen LogP) is 4.92. The van der Waals surface area contributed by atoms with Gasteiger partial charge in [-0.05, 0) is 61.0 Å². The fourth-order valence-corrected chi connectivity index (χ4v) is 2.62. The molecule has 0 aliphatic carbocycles. The molecule has 0 heterocycles. The lowest BCUT2D eigenvalue weighted by Crippen LogP contribution is -2.20. The van der Waals surface area contributed by atoms with E-state index >= 15 is 0 Å². The van der Waals surface area contributed by atoms with E-state index < -0.39 is 0 Å². The Balaban J connectivity index is 1.61. The van der Waals surface area contributed by atoms with Gasteiger partial charge < -0.3 is 15.4 Å². The molecule has 3 aromatic carbocycles. The Bertz CT molecular complexity index is 973. The van der Waals surface area contributed by atoms with Gasteiger partial charge in [0.2, 0.25) is 0 Å². The zero-order valence-corrected chi connectivity index (χ0v) is 16.0. The third-order valence-corrected chi connectivity index (χ3v) is 4.24. The van der Waals surface area contributed by atoms with Gasteiger partial charge >= 0.3 is 0 Å². The van der Waals surface area contributed by atoms with E-state index in [4.69, 9.17) is 16.3 Å². The van der Waals surface area contributed by atoms with Crippen molar-refractivity contribution in [2.24, 2.45) is 0 Å². The van der Waals surface area contributed by atoms with Crippen LogP contribution >= 0.6 is 11.6 Å². The Kier molecular flexibility index (Phi) is 6.29. The van der Waals surface area contributed by atoms with Gasteiger partial charge in [-0.2, -0.15) is 0 Å². The second-order valence-corrected chi connectivity index (χ2v) is 6.58. The molecule has 0 unspecified atom stereocenters. The summed E-state index contributed by atoms with van der Waals surface area (Å²) in [5, 5.41) is 6.23. The minimum Gasteiger partial charge on any atom is -0.484 e. The van der Waals surface area contributed by atoms with Crippen molar-refractivity contribution in [1.82, 2.24) is 0 Å². The van der Waals surface area contributed by atoms with Crippen molar-refractivity contribution in [1.29, 1.82) is 0 Å². The summed E-state index contributed by atoms with van der Waals surface area (Å²) in [7, 11) is 0. The van der Waals surface area contributed by atoms with E-state index in [0.29, 0.717) is 27.7 Å². The number of ether oxygens (including phenoxy) is 1. The van der Waals surface area contributed by atoms with E-state index in [1.165, 1.54) is 0 Å². The fourth-order valence-electron chi connectivity index (χ4n) is 2.50. The maximum absolute atomic E-state index is 12.4. The van der Waals surface area contributed by atoms with Gasteiger partial charge in [0, 0.05) is 22.0 Å². The van der Waals surface area contributed by atoms with Crippen LogP contribution in [0, 0.1) is 6.92 Å². The second kappa shape index (κ2) is 9.06. The van der Waals surface area contributed by atoms with Gasteiger partial charge in [0.05, 0.1) is 0 Å². The fraction of sp³-hybridized carbons (Fsp3) is 0.0909. The first-order valence-corrected chi connectivity index (χ1v) is 9.04. The van der Waals surface area contributed by atoms with Gasteiger partial charge in [0.1, 0.15) is 5.75 Å². The SMILES string of the molecule is Cc1ccc(NC(=O)COc2ccc(Cl)cc2)cc1NC(=O)c1ccccc1. The standard InChI is InChI=1S/C22H19ClN2O3/c1-15-7-10-18(13-20(15)25-22(27)16-5-3-2-4-6-16)24-21(26)14-28-19-11-8-17(23)9-12-19/h2-13H,14H2,1H3,(H,24,26)(H,25,27). The first kappa shape index (κ1) is 19.5. The molecule has 0 spiro atoms. The Morgan fingerprint density at radius 1 is 0.929 bits per heavy atom. The van der Waals surface area contributed by atoms with E-state index in [1.807, 2.05) is 19.1 Å². The molecule has 0 bridgehead atoms. The number of carbonyl (C=O) groups is 2. The van der Waals surface area contributed by atoms with E-state index in [-0.39, 0.29) is 18.4 Å². The van der Waals surface area contributed by atoms with Crippen LogP contribution in [0.5, 0.6) is 5.75 Å². The van der Waals surface area contributed by atoms with Gasteiger partial charge in [0.15, 0.2) is 6.61 Å². The molecule has 3 aromatic rings. The molecule has 5 nitrogen and oxygen atoms in total. The molecule has 3 rings (SSSR count). The van der Waals surface area contributed by atoms with E-state index in [0.717, 1.165) is 5.56 Å². The zero-order valence-electron chi connectivity index (χ0n) is 15.2. The van der Waals surface area contributed by atoms with Crippen LogP contribution in [-0.4, -0.2) is 18.4 Å². The van der Waals surface area contributed by atoms with Crippen LogP contribution in [0.25, 0.3) is 0 Å². The van der Waals surface area contributed by atoms with Crippen molar-refractivity contribution < 1.29 is 14.3 Å². The van der Waals surface area contributed by atoms with Gasteiger partial charge in [-0.1, -0.05) is 35.9 Å². The number of aryl methyl sites for hydroxylation is 1. The van der Waals surface area contributed by atoms with Gasteiger partial charge in [-0.15, -0.1) is 0 Å². The van der Waals surface area contributed by atoms with E-state index in [2.05, 4.69) is 10.6 Å². The molecule has 28 heavy (non-hydrogen) atoms. The Labute approximate surface area is 168 Å². The van der Waals surface area contributed by atoms with Gasteiger partial charge in [0.25, 0.3) is 11.8 Å². The number of amides is 2. The lowest BCUT2D eigenvalue weighted by molar-refractivity contribution is -0.118. The highest BCUT2D eigenvalue weighted by molar-refractivity contribution is 6.30. The Morgan fingerprint density at radius 3 is 2.36 bits per heavy atom. The van der Waals surface area contributed by atoms with Crippen LogP contribution in [0.4, 0.5) is 11.4 Å². The molecular formula is C22H19ClN2O3. The summed E-state index contributed by atoms with van der Waals surface area (Å²) in [6.45, 7) is 1.75. The minimum atomic E-state index is -0.306. The Morgan fingerprint density at radius 2 is 1.64 bits per heavy atom. The molecule has 0 radical (unpaired) electrons. The zero-order chi connectivity index (χ0) is 19.9. The molecule has 0 aromatic heterocycles. The maximum Gasteiger partial charge on any atom is 0.262 e. The molecule has 2 N–H and O–H groups in total. The molecule has 142 valence electrons. The number of hydrogen-bond donors (Lipinski definition) is 2. The van der Waals surface area contributed by atoms with Gasteiger partial charge in [-0.3, -0.25) is 9.59 Å². The first-order chi connectivity index (χ1) is 13.5. The first-order valence-electron chi connectivity index (χ1n) is 8.66. The highest BCUT2D eigenvalue weighted by Gasteiger charge is 2.10. The number of benzene rings is 3. The highest BCUT2D eigenvalue weighted by Crippen LogP contribution is 2.21. The molecule has 0 atom stereocenters. The molecule has 0 fully saturated rings. The monoisotopic (exact) mass is 394 g/mol. The topological polar surface area (TPSA) is 67.4 Å². The molecule has 0 aliphatic rings. The number of rotatable bonds is 6. The van der Waals surface area contributed by atoms with Crippen LogP contribution in [0.3, 0.4) is 0 Å². The Hall–Kier alpha value is -3.31. The number of hydrogen-bond acceptors (Lipinski definition) is 3. The summed E-state index contributed by atoms with van der Waals surface area (Å²) in [6, 6.07) is 21.0. The number of carbonyl (C=O) groups excluding carboxylic acids is 2. The van der Waals surface area contributed by atoms with Crippen LogP contribution in [0.2, 0.25) is 5.02 Å². The smallest absolute Gasteiger partial charge is 0.262 e. The van der Waals surface area contributed by atoms with Crippen molar-refractivity contribution in [2.45, 2.75) is 6.92 Å². The molecular weight excluding hydrogens is 376 g/mol. The number of halogens is 1. The number of anilines is 2. The van der Waals surface area contributed by atoms with Crippen molar-refractivity contribution >= 4 is 34.8 Å². The second-order valence-electron chi connectivity index (χ2n) is 6.14. The maximum atomic E-state index is 12.4. The molecule has 6 heteroatoms. The van der Waals surface area contributed by atoms with Crippen molar-refractivity contribution in [3.8, 4) is 5.75 Å². The average Bonchev–Trinajstić information content (AvgIpc) is 2.71. The quantitative estimate of drug-likeness (QED) is 0.623.